The van der Waals surface area contributed by atoms with Crippen molar-refractivity contribution in [1.82, 2.24) is 4.90 Å². The molecule has 1 N–H and O–H groups in total. The number of aliphatic hydroxyl groups excluding tert-OH is 1. The number of hydrogen-bond donors (Lipinski definition) is 1. The topological polar surface area (TPSA) is 218 Å². The van der Waals surface area contributed by atoms with Gasteiger partial charge in [0, 0.05) is 53.1 Å². The van der Waals surface area contributed by atoms with Gasteiger partial charge in [0.05, 0.1) is 30.8 Å². The summed E-state index contributed by atoms with van der Waals surface area (Å²) in [6, 6.07) is -0.833. The Labute approximate surface area is 371 Å². The zero-order chi connectivity index (χ0) is 47.2. The number of ether oxygens (including phenoxy) is 10. The fraction of sp³-hybridized carbons (Fsp3) is 0.778. The molecule has 0 aliphatic carbocycles. The van der Waals surface area contributed by atoms with Crippen LogP contribution < -0.4 is 0 Å². The van der Waals surface area contributed by atoms with E-state index in [2.05, 4.69) is 0 Å². The Morgan fingerprint density at radius 1 is 0.905 bits per heavy atom. The molecule has 0 aromatic carbocycles. The normalized spacial score (nSPS) is 38.1. The highest BCUT2D eigenvalue weighted by atomic mass is 16.7. The highest BCUT2D eigenvalue weighted by Crippen LogP contribution is 2.39. The molecule has 0 spiro atoms. The third-order valence-electron chi connectivity index (χ3n) is 11.5. The average Bonchev–Trinajstić information content (AvgIpc) is 3.18. The molecule has 0 aromatic rings. The van der Waals surface area contributed by atoms with Gasteiger partial charge in [-0.05, 0) is 66.1 Å². The predicted molar refractivity (Wildman–Crippen MR) is 224 cm³/mol. The van der Waals surface area contributed by atoms with Crippen molar-refractivity contribution in [2.75, 3.05) is 21.2 Å². The number of carbonyl (C=O) groups excluding carboxylic acids is 6. The number of aliphatic hydroxyl groups is 1. The van der Waals surface area contributed by atoms with Crippen molar-refractivity contribution < 1.29 is 81.2 Å². The number of hydrogen-bond acceptors (Lipinski definition) is 18. The molecule has 3 aliphatic rings. The Kier molecular flexibility index (Phi) is 21.3. The van der Waals surface area contributed by atoms with E-state index in [0.717, 1.165) is 0 Å². The lowest BCUT2D eigenvalue weighted by Crippen LogP contribution is -2.66. The van der Waals surface area contributed by atoms with Gasteiger partial charge in [-0.15, -0.1) is 0 Å². The summed E-state index contributed by atoms with van der Waals surface area (Å²) in [4.78, 5) is 77.6. The second-order valence-electron chi connectivity index (χ2n) is 17.1. The van der Waals surface area contributed by atoms with Crippen LogP contribution in [0.4, 0.5) is 0 Å². The molecule has 0 amide bonds. The molecule has 3 rings (SSSR count). The first kappa shape index (κ1) is 53.6. The summed E-state index contributed by atoms with van der Waals surface area (Å²) in [5, 5.41) is 12.2. The first-order valence-electron chi connectivity index (χ1n) is 21.9. The molecule has 0 unspecified atom stereocenters. The van der Waals surface area contributed by atoms with Crippen molar-refractivity contribution in [3.8, 4) is 0 Å². The molecule has 18 heteroatoms. The molecule has 2 saturated heterocycles. The van der Waals surface area contributed by atoms with Crippen LogP contribution in [0.15, 0.2) is 24.3 Å². The molecule has 358 valence electrons. The van der Waals surface area contributed by atoms with Gasteiger partial charge in [0.15, 0.2) is 24.3 Å². The second-order valence-corrected chi connectivity index (χ2v) is 17.1. The Balaban J connectivity index is 2.09. The van der Waals surface area contributed by atoms with Gasteiger partial charge in [-0.3, -0.25) is 24.0 Å². The number of methoxy groups -OCH3 is 1. The molecular weight excluding hydrogens is 826 g/mol. The monoisotopic (exact) mass is 897 g/mol. The summed E-state index contributed by atoms with van der Waals surface area (Å²) < 4.78 is 60.7. The summed E-state index contributed by atoms with van der Waals surface area (Å²) in [6.45, 7) is 14.4. The van der Waals surface area contributed by atoms with Gasteiger partial charge in [-0.2, -0.15) is 0 Å². The van der Waals surface area contributed by atoms with Crippen molar-refractivity contribution in [3.63, 3.8) is 0 Å². The van der Waals surface area contributed by atoms with E-state index in [1.54, 1.807) is 84.8 Å². The summed E-state index contributed by atoms with van der Waals surface area (Å²) in [5.41, 5.74) is -1.33. The number of likely N-dealkylation sites (N-methyl/N-ethyl adjacent to an activating group) is 1. The summed E-state index contributed by atoms with van der Waals surface area (Å²) >= 11 is 0. The van der Waals surface area contributed by atoms with Crippen molar-refractivity contribution >= 4 is 36.1 Å². The van der Waals surface area contributed by atoms with Gasteiger partial charge in [0.1, 0.15) is 42.9 Å². The van der Waals surface area contributed by atoms with Crippen LogP contribution in [0.3, 0.4) is 0 Å². The number of aldehydes is 1. The van der Waals surface area contributed by atoms with Gasteiger partial charge in [0.2, 0.25) is 0 Å². The minimum Gasteiger partial charge on any atom is -0.462 e. The van der Waals surface area contributed by atoms with Crippen LogP contribution in [0.25, 0.3) is 0 Å². The third kappa shape index (κ3) is 15.4. The fourth-order valence-electron chi connectivity index (χ4n) is 8.57. The molecular formula is C45H71NO17. The smallest absolute Gasteiger partial charge is 0.309 e. The zero-order valence-electron chi connectivity index (χ0n) is 38.9. The predicted octanol–water partition coefficient (Wildman–Crippen LogP) is 3.91. The minimum absolute atomic E-state index is 0.0260. The summed E-state index contributed by atoms with van der Waals surface area (Å²) in [6.07, 6.45) is -4.48. The number of rotatable bonds is 14. The van der Waals surface area contributed by atoms with Crippen LogP contribution in [0.5, 0.6) is 0 Å². The van der Waals surface area contributed by atoms with E-state index in [4.69, 9.17) is 47.4 Å². The Morgan fingerprint density at radius 2 is 1.57 bits per heavy atom. The quantitative estimate of drug-likeness (QED) is 0.148. The molecule has 63 heavy (non-hydrogen) atoms. The number of carbonyl (C=O) groups is 6. The molecule has 2 fully saturated rings. The van der Waals surface area contributed by atoms with Crippen LogP contribution >= 0.6 is 0 Å². The van der Waals surface area contributed by atoms with Crippen LogP contribution in [0.2, 0.25) is 0 Å². The highest BCUT2D eigenvalue weighted by Gasteiger charge is 2.54. The van der Waals surface area contributed by atoms with E-state index in [9.17, 15) is 33.9 Å². The molecule has 0 aromatic heterocycles. The maximum Gasteiger partial charge on any atom is 0.309 e. The van der Waals surface area contributed by atoms with E-state index >= 15 is 0 Å². The van der Waals surface area contributed by atoms with Crippen molar-refractivity contribution in [3.05, 3.63) is 24.3 Å². The first-order valence-corrected chi connectivity index (χ1v) is 21.9. The number of nitrogens with zero attached hydrogens (tertiary/aromatic N) is 1. The van der Waals surface area contributed by atoms with E-state index in [1.165, 1.54) is 21.0 Å². The second kappa shape index (κ2) is 25.1. The largest absolute Gasteiger partial charge is 0.462 e. The third-order valence-corrected chi connectivity index (χ3v) is 11.5. The van der Waals surface area contributed by atoms with Crippen LogP contribution in [-0.4, -0.2) is 153 Å². The summed E-state index contributed by atoms with van der Waals surface area (Å²) in [7, 11) is 4.82. The SMILES string of the molecule is CCC(=O)O[C@@H]1CC(=O)O[C@H](C)C/C=C/C=C/[C@H](OC(C)=O)[C@H](C)C[C@H](CC=O)[C@H](O[C@H]2O[C@H](C)[C@@H](O[C@H]3C[C@@](C)(OC(C)=O)[C@@H](OC(=O)CC)[C@@H](C)O3)[C@@H](N(C)C)[C@H]2O)[C@@H]1OC. The lowest BCUT2D eigenvalue weighted by atomic mass is 9.82. The molecule has 16 atom stereocenters. The number of allylic oxidation sites excluding steroid dienone is 2. The molecule has 0 radical (unpaired) electrons. The van der Waals surface area contributed by atoms with Crippen LogP contribution in [-0.2, 0) is 76.1 Å². The molecule has 3 aliphatic heterocycles. The maximum absolute atomic E-state index is 13.4. The molecule has 3 heterocycles. The molecule has 0 saturated carbocycles. The van der Waals surface area contributed by atoms with Crippen LogP contribution in [0.1, 0.15) is 107 Å². The lowest BCUT2D eigenvalue weighted by molar-refractivity contribution is -0.344. The minimum atomic E-state index is -1.45. The maximum atomic E-state index is 13.4. The first-order chi connectivity index (χ1) is 29.7. The van der Waals surface area contributed by atoms with Crippen molar-refractivity contribution in [1.29, 1.82) is 0 Å². The van der Waals surface area contributed by atoms with E-state index in [0.29, 0.717) is 12.7 Å². The number of esters is 5. The Hall–Kier alpha value is -3.78. The average molecular weight is 898 g/mol. The van der Waals surface area contributed by atoms with E-state index in [-0.39, 0.29) is 32.1 Å². The van der Waals surface area contributed by atoms with Crippen LogP contribution in [0, 0.1) is 11.8 Å². The standard InChI is InChI=1S/C45H71NO17/c1-13-34(50)59-33-23-36(52)55-26(4)18-16-15-17-19-32(58-29(7)48)25(3)22-31(20-21-47)41(42(33)54-12)62-44-39(53)38(46(10)11)40(27(5)57-44)61-37-24-45(9,63-30(8)49)43(28(6)56-37)60-35(51)14-2/h15-17,19,21,25-28,31-33,37-44,53H,13-14,18,20,22-24H2,1-12H3/b16-15+,19-17+/t25-,26-,27-,28-,31+,32+,33-,37+,38+,39-,40-,41+,42-,43+,44-,45-/m1/s1. The van der Waals surface area contributed by atoms with Gasteiger partial charge >= 0.3 is 29.8 Å². The van der Waals surface area contributed by atoms with E-state index < -0.39 is 133 Å². The molecule has 0 bridgehead atoms. The van der Waals surface area contributed by atoms with Gasteiger partial charge in [-0.1, -0.05) is 39.0 Å². The molecule has 18 nitrogen and oxygen atoms in total. The van der Waals surface area contributed by atoms with Crippen molar-refractivity contribution in [2.24, 2.45) is 11.8 Å². The Bertz CT molecular complexity index is 1590. The lowest BCUT2D eigenvalue weighted by Gasteiger charge is -2.50. The highest BCUT2D eigenvalue weighted by molar-refractivity contribution is 5.73. The van der Waals surface area contributed by atoms with Crippen molar-refractivity contribution in [2.45, 2.75) is 193 Å². The van der Waals surface area contributed by atoms with Gasteiger partial charge in [-0.25, -0.2) is 0 Å². The van der Waals surface area contributed by atoms with Gasteiger partial charge < -0.3 is 62.2 Å². The number of cyclic esters (lactones) is 1. The Morgan fingerprint density at radius 3 is 2.16 bits per heavy atom. The zero-order valence-corrected chi connectivity index (χ0v) is 38.9. The summed E-state index contributed by atoms with van der Waals surface area (Å²) in [5.74, 6) is -4.06. The fourth-order valence-corrected chi connectivity index (χ4v) is 8.57. The van der Waals surface area contributed by atoms with E-state index in [1.807, 2.05) is 6.92 Å². The van der Waals surface area contributed by atoms with Gasteiger partial charge in [0.25, 0.3) is 0 Å².